The van der Waals surface area contributed by atoms with Gasteiger partial charge in [-0.05, 0) is 44.9 Å². The number of aliphatic imine (C=N–C) groups is 1. The highest BCUT2D eigenvalue weighted by Crippen LogP contribution is 2.38. The summed E-state index contributed by atoms with van der Waals surface area (Å²) in [6.07, 6.45) is 11.2. The number of hydrogen-bond acceptors (Lipinski definition) is 5. The van der Waals surface area contributed by atoms with E-state index in [1.165, 1.54) is 51.4 Å². The van der Waals surface area contributed by atoms with Crippen LogP contribution < -0.4 is 10.6 Å². The Morgan fingerprint density at radius 1 is 1.08 bits per heavy atom. The van der Waals surface area contributed by atoms with Crippen LogP contribution in [0.1, 0.15) is 75.4 Å². The molecular formula is C18H29N5O2. The summed E-state index contributed by atoms with van der Waals surface area (Å²) in [5.41, 5.74) is 0. The number of ether oxygens (including phenoxy) is 1. The van der Waals surface area contributed by atoms with Gasteiger partial charge in [0.25, 0.3) is 0 Å². The lowest BCUT2D eigenvalue weighted by Gasteiger charge is -2.24. The van der Waals surface area contributed by atoms with Gasteiger partial charge in [0.15, 0.2) is 11.8 Å². The molecule has 3 fully saturated rings. The summed E-state index contributed by atoms with van der Waals surface area (Å²) in [6.45, 7) is 2.10. The molecule has 138 valence electrons. The van der Waals surface area contributed by atoms with Gasteiger partial charge in [0.2, 0.25) is 5.89 Å². The van der Waals surface area contributed by atoms with Gasteiger partial charge in [-0.3, -0.25) is 0 Å². The topological polar surface area (TPSA) is 84.6 Å². The van der Waals surface area contributed by atoms with Gasteiger partial charge in [0.05, 0.1) is 6.10 Å². The van der Waals surface area contributed by atoms with Crippen molar-refractivity contribution in [1.29, 1.82) is 0 Å². The van der Waals surface area contributed by atoms with Crippen LogP contribution in [-0.2, 0) is 11.3 Å². The smallest absolute Gasteiger partial charge is 0.248 e. The largest absolute Gasteiger partial charge is 0.376 e. The summed E-state index contributed by atoms with van der Waals surface area (Å²) in [6, 6.07) is 0.517. The van der Waals surface area contributed by atoms with Crippen molar-refractivity contribution < 1.29 is 9.26 Å². The average molecular weight is 347 g/mol. The molecular weight excluding hydrogens is 318 g/mol. The minimum atomic E-state index is 0.286. The summed E-state index contributed by atoms with van der Waals surface area (Å²) in [7, 11) is 0. The highest BCUT2D eigenvalue weighted by Gasteiger charge is 2.28. The Bertz CT molecular complexity index is 572. The molecule has 0 spiro atoms. The van der Waals surface area contributed by atoms with Crippen LogP contribution in [0.25, 0.3) is 0 Å². The fourth-order valence-electron chi connectivity index (χ4n) is 3.58. The predicted octanol–water partition coefficient (Wildman–Crippen LogP) is 2.49. The first-order valence-electron chi connectivity index (χ1n) is 9.86. The van der Waals surface area contributed by atoms with Crippen molar-refractivity contribution in [2.75, 3.05) is 13.2 Å². The average Bonchev–Trinajstić information content (AvgIpc) is 3.17. The number of guanidine groups is 1. The van der Waals surface area contributed by atoms with E-state index in [1.54, 1.807) is 0 Å². The highest BCUT2D eigenvalue weighted by molar-refractivity contribution is 5.80. The second kappa shape index (κ2) is 8.17. The van der Waals surface area contributed by atoms with Gasteiger partial charge in [-0.25, -0.2) is 4.99 Å². The molecule has 4 rings (SSSR count). The monoisotopic (exact) mass is 347 g/mol. The molecule has 1 aromatic heterocycles. The Kier molecular flexibility index (Phi) is 5.49. The standard InChI is InChI=1S/C18H29N5O2/c1-2-6-14(5-1)21-18(19-11-15-7-3-4-10-24-15)20-12-16-22-17(23-25-16)13-8-9-13/h13-15H,1-12H2,(H2,19,20,21)/t15-/m0/s1. The van der Waals surface area contributed by atoms with Crippen molar-refractivity contribution in [1.82, 2.24) is 20.8 Å². The van der Waals surface area contributed by atoms with Crippen LogP contribution in [-0.4, -0.2) is 41.4 Å². The fourth-order valence-corrected chi connectivity index (χ4v) is 3.58. The molecule has 7 heteroatoms. The summed E-state index contributed by atoms with van der Waals surface area (Å²) in [5, 5.41) is 11.1. The van der Waals surface area contributed by atoms with Crippen LogP contribution in [0.5, 0.6) is 0 Å². The fraction of sp³-hybridized carbons (Fsp3) is 0.833. The van der Waals surface area contributed by atoms with Crippen molar-refractivity contribution in [2.45, 2.75) is 82.4 Å². The van der Waals surface area contributed by atoms with Gasteiger partial charge in [0.1, 0.15) is 6.54 Å². The lowest BCUT2D eigenvalue weighted by Crippen LogP contribution is -2.45. The van der Waals surface area contributed by atoms with E-state index < -0.39 is 0 Å². The first-order chi connectivity index (χ1) is 12.4. The zero-order valence-electron chi connectivity index (χ0n) is 14.9. The van der Waals surface area contributed by atoms with Crippen LogP contribution in [0.15, 0.2) is 9.52 Å². The van der Waals surface area contributed by atoms with Crippen LogP contribution in [0, 0.1) is 0 Å². The van der Waals surface area contributed by atoms with E-state index in [0.29, 0.717) is 24.4 Å². The summed E-state index contributed by atoms with van der Waals surface area (Å²) < 4.78 is 11.1. The summed E-state index contributed by atoms with van der Waals surface area (Å²) >= 11 is 0. The minimum absolute atomic E-state index is 0.286. The molecule has 0 unspecified atom stereocenters. The van der Waals surface area contributed by atoms with Crippen molar-refractivity contribution in [3.8, 4) is 0 Å². The normalized spacial score (nSPS) is 25.3. The third-order valence-corrected chi connectivity index (χ3v) is 5.27. The molecule has 1 aliphatic heterocycles. The molecule has 25 heavy (non-hydrogen) atoms. The molecule has 2 aliphatic carbocycles. The molecule has 2 heterocycles. The minimum Gasteiger partial charge on any atom is -0.376 e. The zero-order chi connectivity index (χ0) is 16.9. The second-order valence-corrected chi connectivity index (χ2v) is 7.48. The third kappa shape index (κ3) is 4.93. The molecule has 1 atom stereocenters. The van der Waals surface area contributed by atoms with Gasteiger partial charge in [-0.2, -0.15) is 4.98 Å². The van der Waals surface area contributed by atoms with Crippen molar-refractivity contribution in [2.24, 2.45) is 4.99 Å². The van der Waals surface area contributed by atoms with Crippen LogP contribution in [0.4, 0.5) is 0 Å². The van der Waals surface area contributed by atoms with E-state index in [0.717, 1.165) is 31.4 Å². The van der Waals surface area contributed by atoms with Crippen molar-refractivity contribution >= 4 is 5.96 Å². The quantitative estimate of drug-likeness (QED) is 0.607. The Hall–Kier alpha value is -1.63. The van der Waals surface area contributed by atoms with Gasteiger partial charge in [-0.15, -0.1) is 0 Å². The van der Waals surface area contributed by atoms with Crippen LogP contribution >= 0.6 is 0 Å². The maximum atomic E-state index is 5.81. The zero-order valence-corrected chi connectivity index (χ0v) is 14.9. The number of aromatic nitrogens is 2. The van der Waals surface area contributed by atoms with Crippen molar-refractivity contribution in [3.05, 3.63) is 11.7 Å². The van der Waals surface area contributed by atoms with E-state index >= 15 is 0 Å². The predicted molar refractivity (Wildman–Crippen MR) is 94.4 cm³/mol. The maximum Gasteiger partial charge on any atom is 0.248 e. The summed E-state index contributed by atoms with van der Waals surface area (Å²) in [5.74, 6) is 2.80. The maximum absolute atomic E-state index is 5.81. The molecule has 2 N–H and O–H groups in total. The molecule has 2 saturated carbocycles. The van der Waals surface area contributed by atoms with E-state index in [2.05, 4.69) is 25.8 Å². The summed E-state index contributed by atoms with van der Waals surface area (Å²) in [4.78, 5) is 9.14. The Balaban J connectivity index is 1.33. The van der Waals surface area contributed by atoms with E-state index in [-0.39, 0.29) is 6.10 Å². The third-order valence-electron chi connectivity index (χ3n) is 5.27. The number of hydrogen-bond donors (Lipinski definition) is 2. The first kappa shape index (κ1) is 16.8. The SMILES string of the molecule is C1CC[C@@H](CNC(=NCc2nc(C3CC3)no2)NC2CCCC2)OC1. The Labute approximate surface area is 149 Å². The molecule has 0 bridgehead atoms. The lowest BCUT2D eigenvalue weighted by atomic mass is 10.1. The van der Waals surface area contributed by atoms with Gasteiger partial charge >= 0.3 is 0 Å². The lowest BCUT2D eigenvalue weighted by molar-refractivity contribution is 0.0194. The molecule has 0 amide bonds. The van der Waals surface area contributed by atoms with E-state index in [4.69, 9.17) is 9.26 Å². The van der Waals surface area contributed by atoms with E-state index in [1.807, 2.05) is 0 Å². The molecule has 3 aliphatic rings. The van der Waals surface area contributed by atoms with Gasteiger partial charge in [0, 0.05) is 25.1 Å². The van der Waals surface area contributed by atoms with Crippen molar-refractivity contribution in [3.63, 3.8) is 0 Å². The molecule has 0 aromatic carbocycles. The number of nitrogens with one attached hydrogen (secondary N) is 2. The van der Waals surface area contributed by atoms with Crippen LogP contribution in [0.3, 0.4) is 0 Å². The Morgan fingerprint density at radius 3 is 2.68 bits per heavy atom. The Morgan fingerprint density at radius 2 is 1.92 bits per heavy atom. The van der Waals surface area contributed by atoms with E-state index in [9.17, 15) is 0 Å². The highest BCUT2D eigenvalue weighted by atomic mass is 16.5. The molecule has 7 nitrogen and oxygen atoms in total. The van der Waals surface area contributed by atoms with Crippen LogP contribution in [0.2, 0.25) is 0 Å². The number of rotatable bonds is 6. The number of nitrogens with zero attached hydrogens (tertiary/aromatic N) is 3. The first-order valence-corrected chi connectivity index (χ1v) is 9.86. The molecule has 0 radical (unpaired) electrons. The van der Waals surface area contributed by atoms with Gasteiger partial charge < -0.3 is 19.9 Å². The van der Waals surface area contributed by atoms with Gasteiger partial charge in [-0.1, -0.05) is 18.0 Å². The second-order valence-electron chi connectivity index (χ2n) is 7.48. The molecule has 1 aromatic rings. The molecule has 1 saturated heterocycles.